The first-order chi connectivity index (χ1) is 11.7. The van der Waals surface area contributed by atoms with Gasteiger partial charge in [0, 0.05) is 11.7 Å². The van der Waals surface area contributed by atoms with Crippen LogP contribution in [0.2, 0.25) is 0 Å². The maximum absolute atomic E-state index is 5.53. The molecule has 130 valence electrons. The summed E-state index contributed by atoms with van der Waals surface area (Å²) in [7, 11) is 0. The van der Waals surface area contributed by atoms with E-state index in [-0.39, 0.29) is 0 Å². The third kappa shape index (κ3) is 4.43. The van der Waals surface area contributed by atoms with Gasteiger partial charge in [-0.3, -0.25) is 4.90 Å². The molecular formula is C18H26N4S2. The molecule has 1 fully saturated rings. The highest BCUT2D eigenvalue weighted by Gasteiger charge is 2.20. The van der Waals surface area contributed by atoms with Crippen molar-refractivity contribution in [1.29, 1.82) is 0 Å². The van der Waals surface area contributed by atoms with Gasteiger partial charge in [0.1, 0.15) is 0 Å². The molecule has 3 rings (SSSR count). The second kappa shape index (κ2) is 8.23. The summed E-state index contributed by atoms with van der Waals surface area (Å²) in [5.74, 6) is 0. The molecule has 6 heteroatoms. The lowest BCUT2D eigenvalue weighted by atomic mass is 9.94. The van der Waals surface area contributed by atoms with Gasteiger partial charge < -0.3 is 5.32 Å². The fraction of sp³-hybridized carbons (Fsp3) is 0.556. The number of nitrogens with one attached hydrogen (secondary N) is 1. The SMILES string of the molecule is CCN(Cn1nc(Nc2cccc(C)c2)sc1=S)C1CCCCC1. The van der Waals surface area contributed by atoms with E-state index in [4.69, 9.17) is 17.3 Å². The van der Waals surface area contributed by atoms with Gasteiger partial charge in [-0.15, -0.1) is 5.10 Å². The van der Waals surface area contributed by atoms with Crippen molar-refractivity contribution in [2.75, 3.05) is 11.9 Å². The number of benzene rings is 1. The Morgan fingerprint density at radius 2 is 2.12 bits per heavy atom. The smallest absolute Gasteiger partial charge is 0.209 e. The van der Waals surface area contributed by atoms with E-state index in [9.17, 15) is 0 Å². The Labute approximate surface area is 153 Å². The van der Waals surface area contributed by atoms with Gasteiger partial charge in [0.2, 0.25) is 5.13 Å². The summed E-state index contributed by atoms with van der Waals surface area (Å²) in [4.78, 5) is 2.52. The lowest BCUT2D eigenvalue weighted by molar-refractivity contribution is 0.119. The van der Waals surface area contributed by atoms with Gasteiger partial charge in [0.25, 0.3) is 0 Å². The van der Waals surface area contributed by atoms with Crippen LogP contribution in [0.1, 0.15) is 44.6 Å². The summed E-state index contributed by atoms with van der Waals surface area (Å²) >= 11 is 7.08. The topological polar surface area (TPSA) is 33.1 Å². The fourth-order valence-electron chi connectivity index (χ4n) is 3.38. The molecule has 0 amide bonds. The number of hydrogen-bond acceptors (Lipinski definition) is 5. The Bertz CT molecular complexity index is 716. The zero-order valence-electron chi connectivity index (χ0n) is 14.5. The number of aryl methyl sites for hydroxylation is 1. The van der Waals surface area contributed by atoms with Gasteiger partial charge in [0.15, 0.2) is 3.95 Å². The third-order valence-corrected chi connectivity index (χ3v) is 5.91. The summed E-state index contributed by atoms with van der Waals surface area (Å²) in [5, 5.41) is 8.94. The minimum atomic E-state index is 0.681. The molecule has 1 aromatic heterocycles. The van der Waals surface area contributed by atoms with Crippen molar-refractivity contribution in [3.8, 4) is 0 Å². The third-order valence-electron chi connectivity index (χ3n) is 4.69. The van der Waals surface area contributed by atoms with E-state index >= 15 is 0 Å². The van der Waals surface area contributed by atoms with Crippen LogP contribution in [-0.4, -0.2) is 27.3 Å². The molecule has 1 aliphatic carbocycles. The van der Waals surface area contributed by atoms with Crippen molar-refractivity contribution in [3.63, 3.8) is 0 Å². The average Bonchev–Trinajstić information content (AvgIpc) is 2.92. The molecule has 0 aliphatic heterocycles. The molecule has 0 spiro atoms. The van der Waals surface area contributed by atoms with Crippen molar-refractivity contribution < 1.29 is 0 Å². The van der Waals surface area contributed by atoms with Crippen LogP contribution in [0.4, 0.5) is 10.8 Å². The lowest BCUT2D eigenvalue weighted by Gasteiger charge is -2.33. The van der Waals surface area contributed by atoms with Crippen LogP contribution in [0.5, 0.6) is 0 Å². The highest BCUT2D eigenvalue weighted by atomic mass is 32.1. The van der Waals surface area contributed by atoms with E-state index < -0.39 is 0 Å². The Morgan fingerprint density at radius 3 is 2.83 bits per heavy atom. The fourth-order valence-corrected chi connectivity index (χ4v) is 4.40. The minimum absolute atomic E-state index is 0.681. The lowest BCUT2D eigenvalue weighted by Crippen LogP contribution is -2.38. The number of anilines is 2. The highest BCUT2D eigenvalue weighted by Crippen LogP contribution is 2.25. The van der Waals surface area contributed by atoms with E-state index in [2.05, 4.69) is 48.3 Å². The van der Waals surface area contributed by atoms with E-state index in [1.165, 1.54) is 37.7 Å². The first-order valence-corrected chi connectivity index (χ1v) is 10.0. The van der Waals surface area contributed by atoms with Crippen molar-refractivity contribution in [3.05, 3.63) is 33.8 Å². The summed E-state index contributed by atoms with van der Waals surface area (Å²) in [5.41, 5.74) is 2.29. The zero-order valence-corrected chi connectivity index (χ0v) is 16.1. The molecule has 1 aliphatic rings. The summed E-state index contributed by atoms with van der Waals surface area (Å²) in [6.07, 6.45) is 6.70. The van der Waals surface area contributed by atoms with Gasteiger partial charge in [-0.25, -0.2) is 4.68 Å². The van der Waals surface area contributed by atoms with E-state index in [0.717, 1.165) is 28.0 Å². The second-order valence-corrected chi connectivity index (χ2v) is 8.13. The molecule has 0 unspecified atom stereocenters. The van der Waals surface area contributed by atoms with E-state index in [1.54, 1.807) is 11.3 Å². The molecule has 4 nitrogen and oxygen atoms in total. The van der Waals surface area contributed by atoms with Crippen molar-refractivity contribution >= 4 is 34.4 Å². The average molecular weight is 363 g/mol. The first kappa shape index (κ1) is 17.6. The van der Waals surface area contributed by atoms with Gasteiger partial charge in [-0.1, -0.05) is 49.7 Å². The zero-order chi connectivity index (χ0) is 16.9. The molecule has 0 saturated heterocycles. The molecule has 2 aromatic rings. The van der Waals surface area contributed by atoms with E-state index in [1.807, 2.05) is 4.68 Å². The molecular weight excluding hydrogens is 336 g/mol. The molecule has 0 atom stereocenters. The Hall–Kier alpha value is -1.24. The quantitative estimate of drug-likeness (QED) is 0.703. The van der Waals surface area contributed by atoms with Gasteiger partial charge in [-0.2, -0.15) is 0 Å². The molecule has 1 aromatic carbocycles. The second-order valence-electron chi connectivity index (χ2n) is 6.51. The van der Waals surface area contributed by atoms with Gasteiger partial charge in [-0.05, 0) is 56.2 Å². The molecule has 24 heavy (non-hydrogen) atoms. The predicted molar refractivity (Wildman–Crippen MR) is 105 cm³/mol. The Morgan fingerprint density at radius 1 is 1.33 bits per heavy atom. The van der Waals surface area contributed by atoms with Crippen molar-refractivity contribution in [2.24, 2.45) is 0 Å². The normalized spacial score (nSPS) is 15.8. The molecule has 0 radical (unpaired) electrons. The summed E-state index contributed by atoms with van der Waals surface area (Å²) in [6, 6.07) is 9.00. The molecule has 0 bridgehead atoms. The molecule has 1 N–H and O–H groups in total. The number of nitrogens with zero attached hydrogens (tertiary/aromatic N) is 3. The number of hydrogen-bond donors (Lipinski definition) is 1. The van der Waals surface area contributed by atoms with Crippen LogP contribution in [0.3, 0.4) is 0 Å². The maximum atomic E-state index is 5.53. The maximum Gasteiger partial charge on any atom is 0.209 e. The van der Waals surface area contributed by atoms with Gasteiger partial charge >= 0.3 is 0 Å². The highest BCUT2D eigenvalue weighted by molar-refractivity contribution is 7.73. The van der Waals surface area contributed by atoms with Gasteiger partial charge in [0.05, 0.1) is 6.67 Å². The van der Waals surface area contributed by atoms with Crippen molar-refractivity contribution in [1.82, 2.24) is 14.7 Å². The number of rotatable bonds is 6. The Kier molecular flexibility index (Phi) is 6.03. The summed E-state index contributed by atoms with van der Waals surface area (Å²) in [6.45, 7) is 6.17. The minimum Gasteiger partial charge on any atom is -0.330 e. The predicted octanol–water partition coefficient (Wildman–Crippen LogP) is 5.34. The molecule has 1 heterocycles. The van der Waals surface area contributed by atoms with Crippen molar-refractivity contribution in [2.45, 2.75) is 58.7 Å². The van der Waals surface area contributed by atoms with Crippen LogP contribution in [0.15, 0.2) is 24.3 Å². The standard InChI is InChI=1S/C18H26N4S2/c1-3-21(16-10-5-4-6-11-16)13-22-18(23)24-17(20-22)19-15-9-7-8-14(2)12-15/h7-9,12,16H,3-6,10-11,13H2,1-2H3,(H,19,20). The monoisotopic (exact) mass is 362 g/mol. The summed E-state index contributed by atoms with van der Waals surface area (Å²) < 4.78 is 2.80. The van der Waals surface area contributed by atoms with Crippen LogP contribution in [0.25, 0.3) is 0 Å². The largest absolute Gasteiger partial charge is 0.330 e. The Balaban J connectivity index is 1.70. The molecule has 1 saturated carbocycles. The van der Waals surface area contributed by atoms with Crippen LogP contribution in [0, 0.1) is 10.9 Å². The first-order valence-electron chi connectivity index (χ1n) is 8.81. The van der Waals surface area contributed by atoms with E-state index in [0.29, 0.717) is 6.04 Å². The van der Waals surface area contributed by atoms with Crippen LogP contribution in [-0.2, 0) is 6.67 Å². The van der Waals surface area contributed by atoms with Crippen LogP contribution >= 0.6 is 23.6 Å². The van der Waals surface area contributed by atoms with Crippen LogP contribution < -0.4 is 5.32 Å². The number of aromatic nitrogens is 2.